The zero-order chi connectivity index (χ0) is 18.5. The minimum Gasteiger partial charge on any atom is -0.341 e. The lowest BCUT2D eigenvalue weighted by atomic mass is 9.90. The fourth-order valence-corrected chi connectivity index (χ4v) is 5.47. The van der Waals surface area contributed by atoms with E-state index in [2.05, 4.69) is 37.3 Å². The normalized spacial score (nSPS) is 24.1. The van der Waals surface area contributed by atoms with Crippen molar-refractivity contribution in [3.05, 3.63) is 35.9 Å². The van der Waals surface area contributed by atoms with Crippen LogP contribution in [0.3, 0.4) is 0 Å². The second-order valence-electron chi connectivity index (χ2n) is 7.32. The monoisotopic (exact) mass is 374 g/mol. The molecule has 2 fully saturated rings. The zero-order valence-corrected chi connectivity index (χ0v) is 16.7. The Labute approximate surface area is 161 Å². The first-order chi connectivity index (χ1) is 12.6. The van der Waals surface area contributed by atoms with Gasteiger partial charge in [-0.3, -0.25) is 9.59 Å². The van der Waals surface area contributed by atoms with Crippen molar-refractivity contribution >= 4 is 23.6 Å². The Morgan fingerprint density at radius 1 is 1.12 bits per heavy atom. The highest BCUT2D eigenvalue weighted by Gasteiger charge is 2.42. The van der Waals surface area contributed by atoms with Crippen LogP contribution in [0, 0.1) is 5.92 Å². The van der Waals surface area contributed by atoms with E-state index in [9.17, 15) is 9.59 Å². The van der Waals surface area contributed by atoms with Crippen molar-refractivity contribution in [2.24, 2.45) is 5.92 Å². The lowest BCUT2D eigenvalue weighted by Gasteiger charge is -2.36. The van der Waals surface area contributed by atoms with Crippen molar-refractivity contribution in [1.82, 2.24) is 9.80 Å². The molecule has 2 atom stereocenters. The second-order valence-corrected chi connectivity index (χ2v) is 8.54. The van der Waals surface area contributed by atoms with E-state index in [1.54, 1.807) is 11.8 Å². The van der Waals surface area contributed by atoms with Crippen LogP contribution in [0.15, 0.2) is 30.3 Å². The summed E-state index contributed by atoms with van der Waals surface area (Å²) in [5, 5.41) is 0.159. The summed E-state index contributed by atoms with van der Waals surface area (Å²) in [5.74, 6) is 1.66. The third kappa shape index (κ3) is 4.25. The molecule has 142 valence electrons. The van der Waals surface area contributed by atoms with Crippen LogP contribution in [0.2, 0.25) is 0 Å². The van der Waals surface area contributed by atoms with E-state index < -0.39 is 0 Å². The van der Waals surface area contributed by atoms with Crippen molar-refractivity contribution in [3.8, 4) is 0 Å². The van der Waals surface area contributed by atoms with E-state index in [0.29, 0.717) is 12.3 Å². The van der Waals surface area contributed by atoms with Gasteiger partial charge in [0, 0.05) is 25.3 Å². The summed E-state index contributed by atoms with van der Waals surface area (Å²) in [7, 11) is 0. The van der Waals surface area contributed by atoms with E-state index in [1.165, 1.54) is 5.56 Å². The Morgan fingerprint density at radius 3 is 2.42 bits per heavy atom. The average Bonchev–Trinajstić information content (AvgIpc) is 3.12. The highest BCUT2D eigenvalue weighted by atomic mass is 32.2. The van der Waals surface area contributed by atoms with Gasteiger partial charge in [-0.15, -0.1) is 11.8 Å². The van der Waals surface area contributed by atoms with Gasteiger partial charge in [0.25, 0.3) is 0 Å². The number of nitrogens with zero attached hydrogens (tertiary/aromatic N) is 2. The molecule has 0 N–H and O–H groups in total. The summed E-state index contributed by atoms with van der Waals surface area (Å²) in [4.78, 5) is 29.3. The molecule has 26 heavy (non-hydrogen) atoms. The third-order valence-corrected chi connectivity index (χ3v) is 7.06. The number of rotatable bonds is 5. The van der Waals surface area contributed by atoms with Gasteiger partial charge in [-0.2, -0.15) is 0 Å². The summed E-state index contributed by atoms with van der Waals surface area (Å²) in [5.41, 5.74) is 1.38. The minimum atomic E-state index is -0.261. The van der Waals surface area contributed by atoms with Crippen molar-refractivity contribution in [3.63, 3.8) is 0 Å². The Hall–Kier alpha value is -1.49. The topological polar surface area (TPSA) is 40.6 Å². The Morgan fingerprint density at radius 2 is 1.81 bits per heavy atom. The fraction of sp³-hybridized carbons (Fsp3) is 0.619. The van der Waals surface area contributed by atoms with E-state index in [1.807, 2.05) is 16.7 Å². The molecule has 0 bridgehead atoms. The van der Waals surface area contributed by atoms with Crippen molar-refractivity contribution in [2.75, 3.05) is 18.8 Å². The largest absolute Gasteiger partial charge is 0.341 e. The van der Waals surface area contributed by atoms with Gasteiger partial charge in [0.15, 0.2) is 0 Å². The number of carbonyl (C=O) groups is 2. The zero-order valence-electron chi connectivity index (χ0n) is 15.9. The first-order valence-electron chi connectivity index (χ1n) is 9.89. The van der Waals surface area contributed by atoms with Gasteiger partial charge in [-0.05, 0) is 37.2 Å². The number of amides is 2. The molecule has 2 heterocycles. The van der Waals surface area contributed by atoms with Crippen LogP contribution in [-0.4, -0.2) is 51.9 Å². The number of benzene rings is 1. The van der Waals surface area contributed by atoms with E-state index in [4.69, 9.17) is 0 Å². The summed E-state index contributed by atoms with van der Waals surface area (Å²) in [6.45, 7) is 5.62. The predicted molar refractivity (Wildman–Crippen MR) is 107 cm³/mol. The smallest absolute Gasteiger partial charge is 0.246 e. The maximum absolute atomic E-state index is 13.1. The SMILES string of the molecule is CCC(=O)N1C(CC)SCC1C(=O)N1CCC(Cc2ccccc2)CC1. The first kappa shape index (κ1) is 19.3. The summed E-state index contributed by atoms with van der Waals surface area (Å²) in [6, 6.07) is 10.4. The van der Waals surface area contributed by atoms with Gasteiger partial charge in [0.2, 0.25) is 11.8 Å². The number of carbonyl (C=O) groups excluding carboxylic acids is 2. The number of piperidine rings is 1. The molecule has 5 heteroatoms. The molecule has 0 aromatic heterocycles. The summed E-state index contributed by atoms with van der Waals surface area (Å²) < 4.78 is 0. The number of hydrogen-bond donors (Lipinski definition) is 0. The summed E-state index contributed by atoms with van der Waals surface area (Å²) in [6.07, 6.45) is 4.58. The molecule has 4 nitrogen and oxygen atoms in total. The molecule has 1 aromatic carbocycles. The van der Waals surface area contributed by atoms with Crippen LogP contribution in [0.1, 0.15) is 45.1 Å². The first-order valence-corrected chi connectivity index (χ1v) is 10.9. The van der Waals surface area contributed by atoms with E-state index in [-0.39, 0.29) is 23.2 Å². The second kappa shape index (κ2) is 8.94. The predicted octanol–water partition coefficient (Wildman–Crippen LogP) is 3.56. The Balaban J connectivity index is 1.57. The van der Waals surface area contributed by atoms with Crippen LogP contribution in [-0.2, 0) is 16.0 Å². The standard InChI is InChI=1S/C21H30N2O2S/c1-3-19(24)23-18(15-26-20(23)4-2)21(25)22-12-10-17(11-13-22)14-16-8-6-5-7-9-16/h5-9,17-18,20H,3-4,10-15H2,1-2H3. The van der Waals surface area contributed by atoms with Crippen LogP contribution in [0.5, 0.6) is 0 Å². The molecular formula is C21H30N2O2S. The lowest BCUT2D eigenvalue weighted by Crippen LogP contribution is -2.52. The molecule has 1 aromatic rings. The summed E-state index contributed by atoms with van der Waals surface area (Å²) >= 11 is 1.75. The lowest BCUT2D eigenvalue weighted by molar-refractivity contribution is -0.145. The molecule has 2 amide bonds. The third-order valence-electron chi connectivity index (χ3n) is 5.61. The number of hydrogen-bond acceptors (Lipinski definition) is 3. The maximum Gasteiger partial charge on any atom is 0.246 e. The van der Waals surface area contributed by atoms with Gasteiger partial charge >= 0.3 is 0 Å². The van der Waals surface area contributed by atoms with E-state index in [0.717, 1.165) is 44.5 Å². The van der Waals surface area contributed by atoms with Crippen LogP contribution in [0.4, 0.5) is 0 Å². The molecule has 0 saturated carbocycles. The molecule has 3 rings (SSSR count). The van der Waals surface area contributed by atoms with Crippen molar-refractivity contribution in [1.29, 1.82) is 0 Å². The van der Waals surface area contributed by atoms with Crippen molar-refractivity contribution in [2.45, 2.75) is 57.4 Å². The number of thioether (sulfide) groups is 1. The maximum atomic E-state index is 13.1. The minimum absolute atomic E-state index is 0.110. The Kier molecular flexibility index (Phi) is 6.63. The Bertz CT molecular complexity index is 614. The van der Waals surface area contributed by atoms with E-state index >= 15 is 0 Å². The van der Waals surface area contributed by atoms with Gasteiger partial charge in [0.05, 0.1) is 5.37 Å². The van der Waals surface area contributed by atoms with Gasteiger partial charge < -0.3 is 9.80 Å². The quantitative estimate of drug-likeness (QED) is 0.791. The molecule has 0 spiro atoms. The van der Waals surface area contributed by atoms with Crippen LogP contribution >= 0.6 is 11.8 Å². The fourth-order valence-electron chi connectivity index (χ4n) is 4.10. The molecule has 2 unspecified atom stereocenters. The molecule has 2 aliphatic rings. The highest BCUT2D eigenvalue weighted by Crippen LogP contribution is 2.33. The molecule has 2 saturated heterocycles. The molecular weight excluding hydrogens is 344 g/mol. The molecule has 0 aliphatic carbocycles. The molecule has 2 aliphatic heterocycles. The highest BCUT2D eigenvalue weighted by molar-refractivity contribution is 8.00. The van der Waals surface area contributed by atoms with Crippen LogP contribution < -0.4 is 0 Å². The molecule has 0 radical (unpaired) electrons. The van der Waals surface area contributed by atoms with Crippen molar-refractivity contribution < 1.29 is 9.59 Å². The van der Waals surface area contributed by atoms with Gasteiger partial charge in [0.1, 0.15) is 6.04 Å². The van der Waals surface area contributed by atoms with Gasteiger partial charge in [-0.25, -0.2) is 0 Å². The van der Waals surface area contributed by atoms with Gasteiger partial charge in [-0.1, -0.05) is 44.2 Å². The van der Waals surface area contributed by atoms with Crippen LogP contribution in [0.25, 0.3) is 0 Å². The average molecular weight is 375 g/mol. The number of likely N-dealkylation sites (tertiary alicyclic amines) is 1.